The summed E-state index contributed by atoms with van der Waals surface area (Å²) in [6.45, 7) is 4.85. The summed E-state index contributed by atoms with van der Waals surface area (Å²) in [7, 11) is -3.87. The number of halogens is 1. The van der Waals surface area contributed by atoms with Gasteiger partial charge in [0.15, 0.2) is 0 Å². The van der Waals surface area contributed by atoms with E-state index in [1.165, 1.54) is 10.2 Å². The SMILES string of the molecule is CC(C)(CNC(=O)c1ccc(N)cc1)CNc1ncc(Cl)c(-c2cn(S(=O)(=O)c3ccccc3)c3ccccc23)n1. The van der Waals surface area contributed by atoms with Crippen LogP contribution in [-0.2, 0) is 10.0 Å². The van der Waals surface area contributed by atoms with E-state index < -0.39 is 10.0 Å². The topological polar surface area (TPSA) is 132 Å². The van der Waals surface area contributed by atoms with Crippen LogP contribution in [-0.4, -0.2) is 41.4 Å². The molecule has 0 bridgehead atoms. The second kappa shape index (κ2) is 11.2. The minimum atomic E-state index is -3.87. The predicted octanol–water partition coefficient (Wildman–Crippen LogP) is 5.44. The monoisotopic (exact) mass is 588 g/mol. The summed E-state index contributed by atoms with van der Waals surface area (Å²) in [5.74, 6) is 0.134. The Morgan fingerprint density at radius 2 is 1.66 bits per heavy atom. The Kier molecular flexibility index (Phi) is 7.70. The summed E-state index contributed by atoms with van der Waals surface area (Å²) in [6.07, 6.45) is 3.03. The third kappa shape index (κ3) is 6.03. The minimum absolute atomic E-state index is 0.175. The number of aromatic nitrogens is 3. The quantitative estimate of drug-likeness (QED) is 0.195. The Bertz CT molecular complexity index is 1820. The van der Waals surface area contributed by atoms with Gasteiger partial charge in [0.05, 0.1) is 27.3 Å². The molecule has 2 heterocycles. The highest BCUT2D eigenvalue weighted by atomic mass is 35.5. The first-order valence-corrected chi connectivity index (χ1v) is 14.7. The largest absolute Gasteiger partial charge is 0.399 e. The van der Waals surface area contributed by atoms with E-state index in [1.54, 1.807) is 72.9 Å². The van der Waals surface area contributed by atoms with Crippen molar-refractivity contribution in [1.82, 2.24) is 19.3 Å². The van der Waals surface area contributed by atoms with Crippen molar-refractivity contribution >= 4 is 50.1 Å². The number of nitrogen functional groups attached to an aromatic ring is 1. The number of anilines is 2. The van der Waals surface area contributed by atoms with Gasteiger partial charge < -0.3 is 16.4 Å². The van der Waals surface area contributed by atoms with Gasteiger partial charge in [-0.15, -0.1) is 0 Å². The fourth-order valence-corrected chi connectivity index (χ4v) is 5.91. The van der Waals surface area contributed by atoms with Crippen LogP contribution in [0.4, 0.5) is 11.6 Å². The fourth-order valence-electron chi connectivity index (χ4n) is 4.32. The van der Waals surface area contributed by atoms with Gasteiger partial charge in [0.1, 0.15) is 0 Å². The molecule has 3 aromatic carbocycles. The van der Waals surface area contributed by atoms with E-state index in [-0.39, 0.29) is 21.2 Å². The number of rotatable bonds is 9. The van der Waals surface area contributed by atoms with Crippen molar-refractivity contribution in [2.24, 2.45) is 5.41 Å². The van der Waals surface area contributed by atoms with E-state index in [4.69, 9.17) is 17.3 Å². The molecule has 0 atom stereocenters. The van der Waals surface area contributed by atoms with E-state index in [9.17, 15) is 13.2 Å². The summed E-state index contributed by atoms with van der Waals surface area (Å²) < 4.78 is 28.3. The second-order valence-electron chi connectivity index (χ2n) is 10.4. The van der Waals surface area contributed by atoms with Crippen LogP contribution >= 0.6 is 11.6 Å². The third-order valence-corrected chi connectivity index (χ3v) is 8.57. The molecule has 1 amide bonds. The Hall–Kier alpha value is -4.41. The number of hydrogen-bond donors (Lipinski definition) is 3. The van der Waals surface area contributed by atoms with Crippen LogP contribution in [0.2, 0.25) is 5.02 Å². The first-order valence-electron chi connectivity index (χ1n) is 12.9. The van der Waals surface area contributed by atoms with E-state index in [0.717, 1.165) is 0 Å². The molecule has 5 rings (SSSR count). The molecule has 0 spiro atoms. The lowest BCUT2D eigenvalue weighted by Crippen LogP contribution is -2.38. The molecule has 0 unspecified atom stereocenters. The van der Waals surface area contributed by atoms with Gasteiger partial charge >= 0.3 is 0 Å². The third-order valence-electron chi connectivity index (χ3n) is 6.60. The highest BCUT2D eigenvalue weighted by Gasteiger charge is 2.24. The highest BCUT2D eigenvalue weighted by Crippen LogP contribution is 2.35. The van der Waals surface area contributed by atoms with Gasteiger partial charge in [-0.1, -0.05) is 61.8 Å². The van der Waals surface area contributed by atoms with E-state index in [2.05, 4.69) is 20.6 Å². The zero-order chi connectivity index (χ0) is 29.2. The Balaban J connectivity index is 1.38. The summed E-state index contributed by atoms with van der Waals surface area (Å²) in [5.41, 5.74) is 7.94. The lowest BCUT2D eigenvalue weighted by Gasteiger charge is -2.25. The maximum absolute atomic E-state index is 13.5. The maximum Gasteiger partial charge on any atom is 0.268 e. The van der Waals surface area contributed by atoms with Crippen molar-refractivity contribution in [3.63, 3.8) is 0 Å². The van der Waals surface area contributed by atoms with Gasteiger partial charge in [-0.25, -0.2) is 22.4 Å². The standard InChI is InChI=1S/C30H29ClN6O3S/c1-30(2,18-34-28(38)20-12-14-21(32)15-13-20)19-35-29-33-16-25(31)27(36-29)24-17-37(26-11-7-6-10-23(24)26)41(39,40)22-8-4-3-5-9-22/h3-17H,18-19,32H2,1-2H3,(H,34,38)(H,33,35,36). The maximum atomic E-state index is 13.5. The molecule has 210 valence electrons. The van der Waals surface area contributed by atoms with Crippen LogP contribution in [0.15, 0.2) is 96.2 Å². The molecule has 4 N–H and O–H groups in total. The number of para-hydroxylation sites is 1. The van der Waals surface area contributed by atoms with E-state index >= 15 is 0 Å². The van der Waals surface area contributed by atoms with Gasteiger partial charge in [0.2, 0.25) is 5.95 Å². The Morgan fingerprint density at radius 3 is 2.39 bits per heavy atom. The number of benzene rings is 3. The van der Waals surface area contributed by atoms with Crippen LogP contribution in [0.5, 0.6) is 0 Å². The minimum Gasteiger partial charge on any atom is -0.399 e. The summed E-state index contributed by atoms with van der Waals surface area (Å²) in [5, 5.41) is 7.15. The van der Waals surface area contributed by atoms with E-state index in [0.29, 0.717) is 52.4 Å². The van der Waals surface area contributed by atoms with Crippen molar-refractivity contribution in [2.45, 2.75) is 18.7 Å². The average Bonchev–Trinajstić information content (AvgIpc) is 3.37. The number of nitrogens with zero attached hydrogens (tertiary/aromatic N) is 3. The number of nitrogens with one attached hydrogen (secondary N) is 2. The molecule has 0 aliphatic carbocycles. The molecule has 0 radical (unpaired) electrons. The lowest BCUT2D eigenvalue weighted by atomic mass is 9.93. The normalized spacial score (nSPS) is 11.9. The van der Waals surface area contributed by atoms with Gasteiger partial charge in [-0.05, 0) is 47.9 Å². The Morgan fingerprint density at radius 1 is 0.976 bits per heavy atom. The number of amides is 1. The zero-order valence-corrected chi connectivity index (χ0v) is 24.1. The average molecular weight is 589 g/mol. The lowest BCUT2D eigenvalue weighted by molar-refractivity contribution is 0.0938. The van der Waals surface area contributed by atoms with Crippen LogP contribution in [0.25, 0.3) is 22.2 Å². The number of carbonyl (C=O) groups is 1. The zero-order valence-electron chi connectivity index (χ0n) is 22.5. The second-order valence-corrected chi connectivity index (χ2v) is 12.6. The number of hydrogen-bond acceptors (Lipinski definition) is 7. The summed E-state index contributed by atoms with van der Waals surface area (Å²) >= 11 is 6.55. The number of fused-ring (bicyclic) bond motifs is 1. The molecule has 0 saturated carbocycles. The molecule has 0 aliphatic rings. The fraction of sp³-hybridized carbons (Fsp3) is 0.167. The van der Waals surface area contributed by atoms with Gasteiger partial charge in [-0.2, -0.15) is 0 Å². The molecule has 0 aliphatic heterocycles. The molecule has 41 heavy (non-hydrogen) atoms. The van der Waals surface area contributed by atoms with Crippen LogP contribution in [0.1, 0.15) is 24.2 Å². The first kappa shape index (κ1) is 28.1. The molecule has 5 aromatic rings. The molecular weight excluding hydrogens is 560 g/mol. The first-order chi connectivity index (χ1) is 19.5. The number of nitrogens with two attached hydrogens (primary N) is 1. The van der Waals surface area contributed by atoms with Gasteiger partial charge in [-0.3, -0.25) is 4.79 Å². The van der Waals surface area contributed by atoms with Gasteiger partial charge in [0.25, 0.3) is 15.9 Å². The smallest absolute Gasteiger partial charge is 0.268 e. The summed E-state index contributed by atoms with van der Waals surface area (Å²) in [6, 6.07) is 22.2. The Labute approximate surface area is 243 Å². The van der Waals surface area contributed by atoms with Crippen molar-refractivity contribution in [2.75, 3.05) is 24.1 Å². The van der Waals surface area contributed by atoms with Crippen molar-refractivity contribution in [3.05, 3.63) is 102 Å². The molecule has 0 fully saturated rings. The number of carbonyl (C=O) groups excluding carboxylic acids is 1. The van der Waals surface area contributed by atoms with Crippen LogP contribution in [0.3, 0.4) is 0 Å². The molecule has 2 aromatic heterocycles. The summed E-state index contributed by atoms with van der Waals surface area (Å²) in [4.78, 5) is 21.7. The molecule has 0 saturated heterocycles. The molecular formula is C30H29ClN6O3S. The van der Waals surface area contributed by atoms with E-state index in [1.807, 2.05) is 26.0 Å². The predicted molar refractivity (Wildman–Crippen MR) is 162 cm³/mol. The highest BCUT2D eigenvalue weighted by molar-refractivity contribution is 7.90. The van der Waals surface area contributed by atoms with Gasteiger partial charge in [0, 0.05) is 41.5 Å². The van der Waals surface area contributed by atoms with Crippen molar-refractivity contribution in [1.29, 1.82) is 0 Å². The molecule has 9 nitrogen and oxygen atoms in total. The molecule has 11 heteroatoms. The van der Waals surface area contributed by atoms with Crippen LogP contribution in [0, 0.1) is 5.41 Å². The van der Waals surface area contributed by atoms with Crippen molar-refractivity contribution in [3.8, 4) is 11.3 Å². The van der Waals surface area contributed by atoms with Crippen molar-refractivity contribution < 1.29 is 13.2 Å². The van der Waals surface area contributed by atoms with Crippen LogP contribution < -0.4 is 16.4 Å².